The van der Waals surface area contributed by atoms with Crippen molar-refractivity contribution in [1.82, 2.24) is 0 Å². The van der Waals surface area contributed by atoms with E-state index in [0.717, 1.165) is 12.2 Å². The number of nitro groups is 1. The Bertz CT molecular complexity index is 434. The molecule has 0 aromatic rings. The molecular weight excluding hydrogens is 198 g/mol. The minimum atomic E-state index is -2.62. The normalized spacial score (nSPS) is 16.2. The second kappa shape index (κ2) is 3.40. The summed E-state index contributed by atoms with van der Waals surface area (Å²) in [6.07, 6.45) is 1.70. The molecule has 0 spiro atoms. The molecule has 0 aromatic carbocycles. The third-order valence-corrected chi connectivity index (χ3v) is 2.25. The topological polar surface area (TPSA) is 97.5 Å². The van der Waals surface area contributed by atoms with Crippen molar-refractivity contribution in [3.05, 3.63) is 33.7 Å². The molecule has 0 amide bonds. The van der Waals surface area contributed by atoms with Crippen molar-refractivity contribution < 1.29 is 18.4 Å². The third-order valence-electron chi connectivity index (χ3n) is 1.50. The van der Waals surface area contributed by atoms with E-state index in [2.05, 4.69) is 0 Å². The molecule has 1 aliphatic carbocycles. The van der Waals surface area contributed by atoms with Gasteiger partial charge in [0.1, 0.15) is 10.6 Å². The Morgan fingerprint density at radius 2 is 2.08 bits per heavy atom. The van der Waals surface area contributed by atoms with E-state index >= 15 is 0 Å². The largest absolute Gasteiger partial charge is 0.507 e. The van der Waals surface area contributed by atoms with Gasteiger partial charge in [-0.2, -0.15) is 8.42 Å². The third kappa shape index (κ3) is 1.94. The number of nitrogens with zero attached hydrogens (tertiary/aromatic N) is 1. The Hall–Kier alpha value is -1.63. The molecule has 6 nitrogen and oxygen atoms in total. The SMILES string of the molecule is O=[N+]([O-])C1=CC=C(O)C(=S(=O)=O)C1. The standard InChI is InChI=1S/C6H5NO5S/c8-5-2-1-4(7(9)10)3-6(5)13(11)12/h1-2,8H,3H2. The highest BCUT2D eigenvalue weighted by atomic mass is 32.2. The van der Waals surface area contributed by atoms with Crippen LogP contribution in [0.1, 0.15) is 6.42 Å². The van der Waals surface area contributed by atoms with Gasteiger partial charge < -0.3 is 5.11 Å². The van der Waals surface area contributed by atoms with Crippen LogP contribution in [0.2, 0.25) is 0 Å². The molecule has 0 aromatic heterocycles. The van der Waals surface area contributed by atoms with Crippen LogP contribution in [0.4, 0.5) is 0 Å². The van der Waals surface area contributed by atoms with Crippen molar-refractivity contribution in [2.45, 2.75) is 6.42 Å². The molecule has 0 unspecified atom stereocenters. The van der Waals surface area contributed by atoms with E-state index in [1.54, 1.807) is 0 Å². The minimum absolute atomic E-state index is 0.253. The lowest BCUT2D eigenvalue weighted by Gasteiger charge is -2.03. The summed E-state index contributed by atoms with van der Waals surface area (Å²) in [5.74, 6) is -0.445. The number of aliphatic hydroxyl groups excluding tert-OH is 1. The maximum absolute atomic E-state index is 10.4. The Kier molecular flexibility index (Phi) is 2.47. The maximum Gasteiger partial charge on any atom is 0.251 e. The summed E-state index contributed by atoms with van der Waals surface area (Å²) in [5, 5.41) is 19.2. The van der Waals surface area contributed by atoms with Gasteiger partial charge in [0.2, 0.25) is 10.3 Å². The van der Waals surface area contributed by atoms with Crippen molar-refractivity contribution in [3.63, 3.8) is 0 Å². The van der Waals surface area contributed by atoms with E-state index < -0.39 is 21.0 Å². The molecule has 0 bridgehead atoms. The fraction of sp³-hybridized carbons (Fsp3) is 0.167. The van der Waals surface area contributed by atoms with Gasteiger partial charge in [0, 0.05) is 6.08 Å². The predicted molar refractivity (Wildman–Crippen MR) is 44.3 cm³/mol. The molecule has 0 radical (unpaired) electrons. The van der Waals surface area contributed by atoms with Gasteiger partial charge in [-0.3, -0.25) is 10.1 Å². The molecule has 0 fully saturated rings. The smallest absolute Gasteiger partial charge is 0.251 e. The van der Waals surface area contributed by atoms with E-state index in [9.17, 15) is 18.5 Å². The number of rotatable bonds is 1. The van der Waals surface area contributed by atoms with Gasteiger partial charge in [-0.05, 0) is 6.08 Å². The molecule has 70 valence electrons. The molecule has 0 atom stereocenters. The summed E-state index contributed by atoms with van der Waals surface area (Å²) in [5.41, 5.74) is -0.253. The van der Waals surface area contributed by atoms with Gasteiger partial charge in [0.25, 0.3) is 5.70 Å². The molecule has 1 aliphatic rings. The summed E-state index contributed by atoms with van der Waals surface area (Å²) in [6, 6.07) is 0. The predicted octanol–water partition coefficient (Wildman–Crippen LogP) is 0.0441. The summed E-state index contributed by atoms with van der Waals surface area (Å²) in [7, 11) is -2.62. The fourth-order valence-corrected chi connectivity index (χ4v) is 1.36. The average molecular weight is 203 g/mol. The zero-order chi connectivity index (χ0) is 10.0. The van der Waals surface area contributed by atoms with Gasteiger partial charge in [0.05, 0.1) is 11.3 Å². The lowest BCUT2D eigenvalue weighted by Crippen LogP contribution is -2.13. The minimum Gasteiger partial charge on any atom is -0.507 e. The van der Waals surface area contributed by atoms with E-state index in [4.69, 9.17) is 5.11 Å². The van der Waals surface area contributed by atoms with Crippen LogP contribution in [0, 0.1) is 10.1 Å². The molecule has 1 N–H and O–H groups in total. The Balaban J connectivity index is 3.19. The maximum atomic E-state index is 10.4. The van der Waals surface area contributed by atoms with Crippen LogP contribution in [0.25, 0.3) is 0 Å². The molecule has 0 heterocycles. The molecule has 0 saturated heterocycles. The van der Waals surface area contributed by atoms with Gasteiger partial charge in [-0.15, -0.1) is 0 Å². The molecule has 0 saturated carbocycles. The average Bonchev–Trinajstić information content (AvgIpc) is 2.04. The number of hydrogen-bond donors (Lipinski definition) is 1. The van der Waals surface area contributed by atoms with Crippen LogP contribution in [-0.2, 0) is 10.3 Å². The number of aliphatic hydroxyl groups is 1. The second-order valence-electron chi connectivity index (χ2n) is 2.30. The number of hydrogen-bond acceptors (Lipinski definition) is 5. The van der Waals surface area contributed by atoms with Crippen molar-refractivity contribution in [2.24, 2.45) is 0 Å². The van der Waals surface area contributed by atoms with Crippen LogP contribution in [0.3, 0.4) is 0 Å². The first-order valence-corrected chi connectivity index (χ1v) is 4.29. The second-order valence-corrected chi connectivity index (χ2v) is 3.26. The van der Waals surface area contributed by atoms with E-state index in [1.807, 2.05) is 0 Å². The Morgan fingerprint density at radius 3 is 2.54 bits per heavy atom. The first kappa shape index (κ1) is 9.46. The summed E-state index contributed by atoms with van der Waals surface area (Å²) in [4.78, 5) is 9.20. The van der Waals surface area contributed by atoms with Crippen molar-refractivity contribution in [3.8, 4) is 0 Å². The van der Waals surface area contributed by atoms with E-state index in [-0.39, 0.29) is 17.0 Å². The van der Waals surface area contributed by atoms with Crippen LogP contribution >= 0.6 is 0 Å². The highest BCUT2D eigenvalue weighted by molar-refractivity contribution is 7.73. The van der Waals surface area contributed by atoms with Gasteiger partial charge in [-0.1, -0.05) is 0 Å². The monoisotopic (exact) mass is 203 g/mol. The lowest BCUT2D eigenvalue weighted by molar-refractivity contribution is -0.426. The van der Waals surface area contributed by atoms with E-state index in [1.165, 1.54) is 0 Å². The molecule has 0 aliphatic heterocycles. The first-order valence-electron chi connectivity index (χ1n) is 3.22. The summed E-state index contributed by atoms with van der Waals surface area (Å²) in [6.45, 7) is 0. The lowest BCUT2D eigenvalue weighted by atomic mass is 10.1. The molecule has 7 heteroatoms. The first-order chi connectivity index (χ1) is 6.02. The van der Waals surface area contributed by atoms with Crippen LogP contribution in [-0.4, -0.2) is 23.3 Å². The van der Waals surface area contributed by atoms with Gasteiger partial charge in [-0.25, -0.2) is 0 Å². The fourth-order valence-electron chi connectivity index (χ4n) is 0.852. The van der Waals surface area contributed by atoms with Crippen molar-refractivity contribution in [2.75, 3.05) is 0 Å². The van der Waals surface area contributed by atoms with Crippen molar-refractivity contribution >= 4 is 15.2 Å². The highest BCUT2D eigenvalue weighted by Gasteiger charge is 2.21. The summed E-state index contributed by atoms with van der Waals surface area (Å²) < 4.78 is 20.9. The van der Waals surface area contributed by atoms with Gasteiger partial charge >= 0.3 is 0 Å². The van der Waals surface area contributed by atoms with E-state index in [0.29, 0.717) is 0 Å². The van der Waals surface area contributed by atoms with Crippen LogP contribution in [0.5, 0.6) is 0 Å². The Morgan fingerprint density at radius 1 is 1.46 bits per heavy atom. The number of allylic oxidation sites excluding steroid dienone is 4. The molecular formula is C6H5NO5S. The highest BCUT2D eigenvalue weighted by Crippen LogP contribution is 2.13. The zero-order valence-corrected chi connectivity index (χ0v) is 7.11. The zero-order valence-electron chi connectivity index (χ0n) is 6.30. The van der Waals surface area contributed by atoms with Crippen LogP contribution < -0.4 is 0 Å². The molecule has 1 rings (SSSR count). The Labute approximate surface area is 74.5 Å². The summed E-state index contributed by atoms with van der Waals surface area (Å²) >= 11 is 0. The van der Waals surface area contributed by atoms with Gasteiger partial charge in [0.15, 0.2) is 0 Å². The molecule has 13 heavy (non-hydrogen) atoms. The van der Waals surface area contributed by atoms with Crippen molar-refractivity contribution in [1.29, 1.82) is 0 Å². The quantitative estimate of drug-likeness (QED) is 0.368. The van der Waals surface area contributed by atoms with Crippen LogP contribution in [0.15, 0.2) is 23.6 Å².